The molecule has 0 aromatic carbocycles. The lowest BCUT2D eigenvalue weighted by Crippen LogP contribution is -2.32. The Bertz CT molecular complexity index is 320. The van der Waals surface area contributed by atoms with Gasteiger partial charge in [-0.2, -0.15) is 0 Å². The van der Waals surface area contributed by atoms with E-state index in [1.165, 1.54) is 16.7 Å². The number of imide groups is 1. The highest BCUT2D eigenvalue weighted by molar-refractivity contribution is 8.01. The van der Waals surface area contributed by atoms with Gasteiger partial charge in [-0.1, -0.05) is 13.3 Å². The number of carbonyl (C=O) groups excluding carboxylic acids is 3. The molecule has 5 nitrogen and oxygen atoms in total. The summed E-state index contributed by atoms with van der Waals surface area (Å²) in [6.45, 7) is 2.52. The second kappa shape index (κ2) is 6.64. The lowest BCUT2D eigenvalue weighted by molar-refractivity contribution is -0.138. The van der Waals surface area contributed by atoms with E-state index in [1.807, 2.05) is 6.92 Å². The van der Waals surface area contributed by atoms with Gasteiger partial charge in [0.15, 0.2) is 0 Å². The SMILES string of the molecule is CCCCN1C(=O)CC(SCC(=O)NC)C1=O. The van der Waals surface area contributed by atoms with Gasteiger partial charge in [-0.25, -0.2) is 0 Å². The van der Waals surface area contributed by atoms with Crippen LogP contribution in [0, 0.1) is 0 Å². The van der Waals surface area contributed by atoms with Crippen molar-refractivity contribution >= 4 is 29.5 Å². The first-order chi connectivity index (χ1) is 8.10. The molecule has 0 aromatic heterocycles. The predicted molar refractivity (Wildman–Crippen MR) is 66.6 cm³/mol. The number of thioether (sulfide) groups is 1. The van der Waals surface area contributed by atoms with E-state index in [0.29, 0.717) is 6.54 Å². The summed E-state index contributed by atoms with van der Waals surface area (Å²) in [4.78, 5) is 35.9. The van der Waals surface area contributed by atoms with E-state index in [-0.39, 0.29) is 35.1 Å². The summed E-state index contributed by atoms with van der Waals surface area (Å²) in [5.41, 5.74) is 0. The monoisotopic (exact) mass is 258 g/mol. The third-order valence-electron chi connectivity index (χ3n) is 2.63. The lowest BCUT2D eigenvalue weighted by atomic mass is 10.3. The Morgan fingerprint density at radius 1 is 1.53 bits per heavy atom. The molecule has 1 saturated heterocycles. The van der Waals surface area contributed by atoms with Gasteiger partial charge in [0.25, 0.3) is 0 Å². The van der Waals surface area contributed by atoms with Crippen molar-refractivity contribution in [3.63, 3.8) is 0 Å². The number of nitrogens with one attached hydrogen (secondary N) is 1. The summed E-state index contributed by atoms with van der Waals surface area (Å²) < 4.78 is 0. The molecule has 3 amide bonds. The standard InChI is InChI=1S/C11H18N2O3S/c1-3-4-5-13-10(15)6-8(11(13)16)17-7-9(14)12-2/h8H,3-7H2,1-2H3,(H,12,14). The number of hydrogen-bond donors (Lipinski definition) is 1. The molecule has 1 rings (SSSR count). The molecule has 0 aliphatic carbocycles. The van der Waals surface area contributed by atoms with Crippen LogP contribution in [0.25, 0.3) is 0 Å². The molecule has 1 aliphatic heterocycles. The number of hydrogen-bond acceptors (Lipinski definition) is 4. The van der Waals surface area contributed by atoms with E-state index >= 15 is 0 Å². The Balaban J connectivity index is 2.46. The maximum absolute atomic E-state index is 11.9. The zero-order valence-corrected chi connectivity index (χ0v) is 11.0. The number of nitrogens with zero attached hydrogens (tertiary/aromatic N) is 1. The minimum absolute atomic E-state index is 0.113. The maximum atomic E-state index is 11.9. The van der Waals surface area contributed by atoms with Crippen molar-refractivity contribution in [2.24, 2.45) is 0 Å². The van der Waals surface area contributed by atoms with E-state index < -0.39 is 0 Å². The fourth-order valence-electron chi connectivity index (χ4n) is 1.58. The third kappa shape index (κ3) is 3.73. The van der Waals surface area contributed by atoms with Crippen LogP contribution < -0.4 is 5.32 Å². The number of carbonyl (C=O) groups is 3. The number of likely N-dealkylation sites (tertiary alicyclic amines) is 1. The van der Waals surface area contributed by atoms with Gasteiger partial charge in [-0.15, -0.1) is 11.8 Å². The van der Waals surface area contributed by atoms with Crippen LogP contribution in [-0.4, -0.2) is 47.2 Å². The Hall–Kier alpha value is -1.04. The molecule has 1 atom stereocenters. The minimum atomic E-state index is -0.378. The lowest BCUT2D eigenvalue weighted by Gasteiger charge is -2.13. The molecule has 1 unspecified atom stereocenters. The Labute approximate surface area is 105 Å². The molecule has 1 heterocycles. The summed E-state index contributed by atoms with van der Waals surface area (Å²) >= 11 is 1.24. The number of rotatable bonds is 6. The fourth-order valence-corrected chi connectivity index (χ4v) is 2.61. The van der Waals surface area contributed by atoms with Gasteiger partial charge in [0, 0.05) is 20.0 Å². The van der Waals surface area contributed by atoms with Crippen molar-refractivity contribution in [3.8, 4) is 0 Å². The summed E-state index contributed by atoms with van der Waals surface area (Å²) in [7, 11) is 1.55. The zero-order chi connectivity index (χ0) is 12.8. The molecule has 0 bridgehead atoms. The third-order valence-corrected chi connectivity index (χ3v) is 3.83. The van der Waals surface area contributed by atoms with Crippen LogP contribution in [0.5, 0.6) is 0 Å². The van der Waals surface area contributed by atoms with Crippen LogP contribution in [0.15, 0.2) is 0 Å². The van der Waals surface area contributed by atoms with Crippen LogP contribution in [0.2, 0.25) is 0 Å². The van der Waals surface area contributed by atoms with Crippen molar-refractivity contribution in [1.82, 2.24) is 10.2 Å². The molecule has 6 heteroatoms. The maximum Gasteiger partial charge on any atom is 0.242 e. The largest absolute Gasteiger partial charge is 0.358 e. The van der Waals surface area contributed by atoms with Gasteiger partial charge in [0.1, 0.15) is 0 Å². The van der Waals surface area contributed by atoms with Gasteiger partial charge < -0.3 is 5.32 Å². The molecule has 0 aromatic rings. The van der Waals surface area contributed by atoms with Crippen molar-refractivity contribution in [1.29, 1.82) is 0 Å². The second-order valence-electron chi connectivity index (χ2n) is 3.91. The van der Waals surface area contributed by atoms with Gasteiger partial charge >= 0.3 is 0 Å². The summed E-state index contributed by atoms with van der Waals surface area (Å²) in [5.74, 6) is -0.153. The minimum Gasteiger partial charge on any atom is -0.358 e. The second-order valence-corrected chi connectivity index (χ2v) is 5.11. The van der Waals surface area contributed by atoms with Crippen LogP contribution >= 0.6 is 11.8 Å². The molecular formula is C11H18N2O3S. The highest BCUT2D eigenvalue weighted by Crippen LogP contribution is 2.25. The van der Waals surface area contributed by atoms with Gasteiger partial charge in [-0.05, 0) is 6.42 Å². The normalized spacial score (nSPS) is 19.9. The van der Waals surface area contributed by atoms with Crippen LogP contribution in [0.1, 0.15) is 26.2 Å². The topological polar surface area (TPSA) is 66.5 Å². The summed E-state index contributed by atoms with van der Waals surface area (Å²) in [5, 5.41) is 2.11. The Kier molecular flexibility index (Phi) is 5.47. The van der Waals surface area contributed by atoms with Gasteiger partial charge in [-0.3, -0.25) is 19.3 Å². The first-order valence-electron chi connectivity index (χ1n) is 5.76. The molecule has 0 spiro atoms. The predicted octanol–water partition coefficient (Wildman–Crippen LogP) is 0.393. The van der Waals surface area contributed by atoms with E-state index in [2.05, 4.69) is 5.32 Å². The molecule has 1 fully saturated rings. The molecule has 17 heavy (non-hydrogen) atoms. The van der Waals surface area contributed by atoms with Gasteiger partial charge in [0.05, 0.1) is 11.0 Å². The van der Waals surface area contributed by atoms with Crippen LogP contribution in [0.4, 0.5) is 0 Å². The summed E-state index contributed by atoms with van der Waals surface area (Å²) in [6.07, 6.45) is 2.02. The molecule has 1 aliphatic rings. The van der Waals surface area contributed by atoms with E-state index in [1.54, 1.807) is 7.05 Å². The van der Waals surface area contributed by atoms with E-state index in [9.17, 15) is 14.4 Å². The Morgan fingerprint density at radius 2 is 2.24 bits per heavy atom. The molecule has 1 N–H and O–H groups in total. The number of unbranched alkanes of at least 4 members (excludes halogenated alkanes) is 1. The molecule has 96 valence electrons. The highest BCUT2D eigenvalue weighted by atomic mass is 32.2. The van der Waals surface area contributed by atoms with Crippen LogP contribution in [0.3, 0.4) is 0 Å². The van der Waals surface area contributed by atoms with E-state index in [4.69, 9.17) is 0 Å². The number of amides is 3. The van der Waals surface area contributed by atoms with Crippen molar-refractivity contribution < 1.29 is 14.4 Å². The quantitative estimate of drug-likeness (QED) is 0.700. The average molecular weight is 258 g/mol. The molecule has 0 saturated carbocycles. The molecule has 0 radical (unpaired) electrons. The van der Waals surface area contributed by atoms with Crippen LogP contribution in [-0.2, 0) is 14.4 Å². The Morgan fingerprint density at radius 3 is 2.82 bits per heavy atom. The fraction of sp³-hybridized carbons (Fsp3) is 0.727. The molecular weight excluding hydrogens is 240 g/mol. The van der Waals surface area contributed by atoms with Crippen molar-refractivity contribution in [3.05, 3.63) is 0 Å². The highest BCUT2D eigenvalue weighted by Gasteiger charge is 2.38. The average Bonchev–Trinajstić information content (AvgIpc) is 2.59. The first-order valence-corrected chi connectivity index (χ1v) is 6.81. The smallest absolute Gasteiger partial charge is 0.242 e. The van der Waals surface area contributed by atoms with Gasteiger partial charge in [0.2, 0.25) is 17.7 Å². The first kappa shape index (κ1) is 14.0. The van der Waals surface area contributed by atoms with Crippen molar-refractivity contribution in [2.45, 2.75) is 31.4 Å². The van der Waals surface area contributed by atoms with E-state index in [0.717, 1.165) is 12.8 Å². The zero-order valence-electron chi connectivity index (χ0n) is 10.2. The van der Waals surface area contributed by atoms with Crippen molar-refractivity contribution in [2.75, 3.05) is 19.3 Å². The summed E-state index contributed by atoms with van der Waals surface area (Å²) in [6, 6.07) is 0.